The average molecular weight is 320 g/mol. The van der Waals surface area contributed by atoms with Crippen LogP contribution in [0.1, 0.15) is 54.7 Å². The minimum Gasteiger partial charge on any atom is -0.497 e. The molecule has 0 amide bonds. The van der Waals surface area contributed by atoms with Crippen LogP contribution in [0.5, 0.6) is 5.75 Å². The Hall–Kier alpha value is -2.24. The summed E-state index contributed by atoms with van der Waals surface area (Å²) in [6.07, 6.45) is 12.2. The van der Waals surface area contributed by atoms with Crippen molar-refractivity contribution in [2.45, 2.75) is 43.6 Å². The molecular weight excluding hydrogens is 296 g/mol. The highest BCUT2D eigenvalue weighted by molar-refractivity contribution is 5.46. The van der Waals surface area contributed by atoms with Crippen molar-refractivity contribution < 1.29 is 9.84 Å². The lowest BCUT2D eigenvalue weighted by Gasteiger charge is -2.26. The molecule has 2 nitrogen and oxygen atoms in total. The second-order valence-electron chi connectivity index (χ2n) is 6.54. The van der Waals surface area contributed by atoms with Crippen molar-refractivity contribution >= 4 is 0 Å². The standard InChI is InChI=1S/C22H24O2/c1-3-22(23,20-13-15-21(24-2)16-14-20)19-11-9-18(10-12-19)17-7-5-4-6-8-17/h1,9-17,23H,4-8H2,2H3. The molecule has 0 aliphatic heterocycles. The number of rotatable bonds is 4. The molecule has 1 aliphatic rings. The number of hydrogen-bond donors (Lipinski definition) is 1. The fourth-order valence-electron chi connectivity index (χ4n) is 3.60. The minimum absolute atomic E-state index is 0.646. The van der Waals surface area contributed by atoms with Gasteiger partial charge in [-0.05, 0) is 36.5 Å². The van der Waals surface area contributed by atoms with Crippen LogP contribution in [0, 0.1) is 12.3 Å². The number of benzene rings is 2. The van der Waals surface area contributed by atoms with E-state index in [1.165, 1.54) is 37.7 Å². The molecule has 124 valence electrons. The zero-order valence-electron chi connectivity index (χ0n) is 14.2. The minimum atomic E-state index is -1.42. The van der Waals surface area contributed by atoms with Gasteiger partial charge in [-0.2, -0.15) is 0 Å². The highest BCUT2D eigenvalue weighted by Gasteiger charge is 2.29. The molecule has 2 aromatic rings. The topological polar surface area (TPSA) is 29.5 Å². The highest BCUT2D eigenvalue weighted by atomic mass is 16.5. The van der Waals surface area contributed by atoms with Crippen LogP contribution in [-0.2, 0) is 5.60 Å². The van der Waals surface area contributed by atoms with E-state index in [4.69, 9.17) is 11.2 Å². The summed E-state index contributed by atoms with van der Waals surface area (Å²) >= 11 is 0. The maximum atomic E-state index is 11.1. The predicted octanol–water partition coefficient (Wildman–Crippen LogP) is 4.61. The van der Waals surface area contributed by atoms with Gasteiger partial charge in [-0.3, -0.25) is 0 Å². The molecular formula is C22H24O2. The van der Waals surface area contributed by atoms with E-state index in [2.05, 4.69) is 18.1 Å². The van der Waals surface area contributed by atoms with Crippen LogP contribution in [-0.4, -0.2) is 12.2 Å². The number of aliphatic hydroxyl groups is 1. The number of terminal acetylenes is 1. The summed E-state index contributed by atoms with van der Waals surface area (Å²) in [4.78, 5) is 0. The van der Waals surface area contributed by atoms with Crippen LogP contribution in [0.15, 0.2) is 48.5 Å². The van der Waals surface area contributed by atoms with Gasteiger partial charge in [0.05, 0.1) is 7.11 Å². The number of hydrogen-bond acceptors (Lipinski definition) is 2. The predicted molar refractivity (Wildman–Crippen MR) is 97.1 cm³/mol. The van der Waals surface area contributed by atoms with E-state index >= 15 is 0 Å². The van der Waals surface area contributed by atoms with Gasteiger partial charge in [0.25, 0.3) is 0 Å². The Morgan fingerprint density at radius 1 is 0.958 bits per heavy atom. The SMILES string of the molecule is C#CC(O)(c1ccc(OC)cc1)c1ccc(C2CCCCC2)cc1. The molecule has 0 heterocycles. The molecule has 1 atom stereocenters. The molecule has 2 aromatic carbocycles. The summed E-state index contributed by atoms with van der Waals surface area (Å²) in [6.45, 7) is 0. The normalized spacial score (nSPS) is 17.7. The van der Waals surface area contributed by atoms with E-state index in [1.807, 2.05) is 36.4 Å². The van der Waals surface area contributed by atoms with Gasteiger partial charge in [-0.25, -0.2) is 0 Å². The van der Waals surface area contributed by atoms with Crippen LogP contribution in [0.3, 0.4) is 0 Å². The molecule has 0 aromatic heterocycles. The molecule has 0 spiro atoms. The zero-order valence-corrected chi connectivity index (χ0v) is 14.2. The summed E-state index contributed by atoms with van der Waals surface area (Å²) in [5.74, 6) is 3.95. The summed E-state index contributed by atoms with van der Waals surface area (Å²) < 4.78 is 5.17. The van der Waals surface area contributed by atoms with E-state index in [1.54, 1.807) is 7.11 Å². The second kappa shape index (κ2) is 7.11. The van der Waals surface area contributed by atoms with Gasteiger partial charge in [0.15, 0.2) is 5.60 Å². The lowest BCUT2D eigenvalue weighted by molar-refractivity contribution is 0.145. The van der Waals surface area contributed by atoms with Crippen molar-refractivity contribution in [3.05, 3.63) is 65.2 Å². The first kappa shape index (κ1) is 16.6. The molecule has 1 saturated carbocycles. The molecule has 1 fully saturated rings. The van der Waals surface area contributed by atoms with Gasteiger partial charge in [0.2, 0.25) is 0 Å². The Balaban J connectivity index is 1.88. The van der Waals surface area contributed by atoms with Gasteiger partial charge < -0.3 is 9.84 Å². The van der Waals surface area contributed by atoms with Crippen LogP contribution in [0.2, 0.25) is 0 Å². The largest absolute Gasteiger partial charge is 0.497 e. The van der Waals surface area contributed by atoms with Crippen molar-refractivity contribution in [1.29, 1.82) is 0 Å². The molecule has 1 N–H and O–H groups in total. The van der Waals surface area contributed by atoms with Crippen LogP contribution < -0.4 is 4.74 Å². The zero-order chi connectivity index (χ0) is 17.0. The first-order valence-corrected chi connectivity index (χ1v) is 8.62. The van der Waals surface area contributed by atoms with Gasteiger partial charge in [0.1, 0.15) is 5.75 Å². The smallest absolute Gasteiger partial charge is 0.176 e. The molecule has 2 heteroatoms. The lowest BCUT2D eigenvalue weighted by Crippen LogP contribution is -2.25. The van der Waals surface area contributed by atoms with E-state index in [0.29, 0.717) is 11.5 Å². The van der Waals surface area contributed by atoms with Crippen LogP contribution >= 0.6 is 0 Å². The summed E-state index contributed by atoms with van der Waals surface area (Å²) in [5.41, 5.74) is 1.34. The summed E-state index contributed by atoms with van der Waals surface area (Å²) in [7, 11) is 1.62. The first-order chi connectivity index (χ1) is 11.7. The van der Waals surface area contributed by atoms with E-state index < -0.39 is 5.60 Å². The fraction of sp³-hybridized carbons (Fsp3) is 0.364. The van der Waals surface area contributed by atoms with Crippen molar-refractivity contribution in [3.8, 4) is 18.1 Å². The molecule has 1 aliphatic carbocycles. The third kappa shape index (κ3) is 3.18. The van der Waals surface area contributed by atoms with Crippen molar-refractivity contribution in [2.75, 3.05) is 7.11 Å². The van der Waals surface area contributed by atoms with E-state index in [0.717, 1.165) is 11.3 Å². The molecule has 0 radical (unpaired) electrons. The Morgan fingerprint density at radius 3 is 2.00 bits per heavy atom. The average Bonchev–Trinajstić information content (AvgIpc) is 2.68. The fourth-order valence-corrected chi connectivity index (χ4v) is 3.60. The summed E-state index contributed by atoms with van der Waals surface area (Å²) in [6, 6.07) is 15.4. The quantitative estimate of drug-likeness (QED) is 0.834. The number of ether oxygens (including phenoxy) is 1. The molecule has 24 heavy (non-hydrogen) atoms. The number of methoxy groups -OCH3 is 1. The third-order valence-corrected chi connectivity index (χ3v) is 5.12. The van der Waals surface area contributed by atoms with E-state index in [-0.39, 0.29) is 0 Å². The van der Waals surface area contributed by atoms with Gasteiger partial charge >= 0.3 is 0 Å². The van der Waals surface area contributed by atoms with Crippen molar-refractivity contribution in [1.82, 2.24) is 0 Å². The Kier molecular flexibility index (Phi) is 4.92. The highest BCUT2D eigenvalue weighted by Crippen LogP contribution is 2.35. The van der Waals surface area contributed by atoms with Gasteiger partial charge in [-0.15, -0.1) is 6.42 Å². The second-order valence-corrected chi connectivity index (χ2v) is 6.54. The lowest BCUT2D eigenvalue weighted by atomic mass is 9.82. The summed E-state index contributed by atoms with van der Waals surface area (Å²) in [5, 5.41) is 11.1. The van der Waals surface area contributed by atoms with Crippen LogP contribution in [0.25, 0.3) is 0 Å². The molecule has 0 bridgehead atoms. The maximum absolute atomic E-state index is 11.1. The monoisotopic (exact) mass is 320 g/mol. The van der Waals surface area contributed by atoms with Gasteiger partial charge in [-0.1, -0.05) is 61.6 Å². The first-order valence-electron chi connectivity index (χ1n) is 8.62. The third-order valence-electron chi connectivity index (χ3n) is 5.12. The van der Waals surface area contributed by atoms with Crippen LogP contribution in [0.4, 0.5) is 0 Å². The molecule has 0 saturated heterocycles. The van der Waals surface area contributed by atoms with Gasteiger partial charge in [0, 0.05) is 11.1 Å². The maximum Gasteiger partial charge on any atom is 0.176 e. The molecule has 1 unspecified atom stereocenters. The Bertz CT molecular complexity index is 703. The Labute approximate surface area is 144 Å². The van der Waals surface area contributed by atoms with E-state index in [9.17, 15) is 5.11 Å². The van der Waals surface area contributed by atoms with Crippen molar-refractivity contribution in [3.63, 3.8) is 0 Å². The Morgan fingerprint density at radius 2 is 1.50 bits per heavy atom. The van der Waals surface area contributed by atoms with Crippen molar-refractivity contribution in [2.24, 2.45) is 0 Å². The molecule has 3 rings (SSSR count).